The maximum atomic E-state index is 13.4. The summed E-state index contributed by atoms with van der Waals surface area (Å²) >= 11 is 0. The van der Waals surface area contributed by atoms with Gasteiger partial charge in [0.2, 0.25) is 5.91 Å². The highest BCUT2D eigenvalue weighted by atomic mass is 19.3. The number of nitrogens with one attached hydrogen (secondary N) is 1. The van der Waals surface area contributed by atoms with Crippen molar-refractivity contribution in [3.8, 4) is 45.5 Å². The van der Waals surface area contributed by atoms with E-state index in [0.717, 1.165) is 0 Å². The molecule has 0 aliphatic carbocycles. The number of fused-ring (bicyclic) bond motifs is 1. The van der Waals surface area contributed by atoms with Crippen molar-refractivity contribution < 1.29 is 23.0 Å². The molecule has 0 atom stereocenters. The Hall–Kier alpha value is -4.27. The van der Waals surface area contributed by atoms with E-state index in [1.54, 1.807) is 48.7 Å². The van der Waals surface area contributed by atoms with E-state index in [9.17, 15) is 13.6 Å². The predicted octanol–water partition coefficient (Wildman–Crippen LogP) is 4.23. The van der Waals surface area contributed by atoms with E-state index in [1.807, 2.05) is 6.07 Å². The molecule has 0 fully saturated rings. The lowest BCUT2D eigenvalue weighted by Crippen LogP contribution is -2.25. The maximum Gasteiger partial charge on any atom is 0.586 e. The molecule has 7 nitrogen and oxygen atoms in total. The first-order valence-corrected chi connectivity index (χ1v) is 9.21. The second-order valence-corrected chi connectivity index (χ2v) is 6.79. The van der Waals surface area contributed by atoms with Crippen LogP contribution >= 0.6 is 0 Å². The SMILES string of the molecule is NC(=O)c1ccc(-c2nc(-c3ccc4c(c3)OC(F)(F)O4)c(-c3ccccn3)[nH]2)cc1. The van der Waals surface area contributed by atoms with Crippen LogP contribution < -0.4 is 15.2 Å². The molecule has 3 heterocycles. The molecule has 1 aliphatic heterocycles. The van der Waals surface area contributed by atoms with Crippen molar-refractivity contribution in [2.75, 3.05) is 0 Å². The number of benzene rings is 2. The quantitative estimate of drug-likeness (QED) is 0.514. The van der Waals surface area contributed by atoms with Crippen LogP contribution in [0, 0.1) is 0 Å². The number of carbonyl (C=O) groups excluding carboxylic acids is 1. The molecule has 0 saturated heterocycles. The number of hydrogen-bond acceptors (Lipinski definition) is 5. The fraction of sp³-hybridized carbons (Fsp3) is 0.0455. The molecule has 0 unspecified atom stereocenters. The summed E-state index contributed by atoms with van der Waals surface area (Å²) in [5.74, 6) is -0.150. The second kappa shape index (κ2) is 6.91. The van der Waals surface area contributed by atoms with Crippen LogP contribution in [0.4, 0.5) is 8.78 Å². The van der Waals surface area contributed by atoms with Crippen molar-refractivity contribution in [1.29, 1.82) is 0 Å². The topological polar surface area (TPSA) is 103 Å². The largest absolute Gasteiger partial charge is 0.586 e. The summed E-state index contributed by atoms with van der Waals surface area (Å²) in [6.07, 6.45) is -2.06. The van der Waals surface area contributed by atoms with E-state index >= 15 is 0 Å². The fourth-order valence-electron chi connectivity index (χ4n) is 3.30. The Kier molecular flexibility index (Phi) is 4.18. The molecule has 1 aliphatic rings. The first-order chi connectivity index (χ1) is 14.9. The van der Waals surface area contributed by atoms with Gasteiger partial charge >= 0.3 is 6.29 Å². The number of aromatic nitrogens is 3. The number of alkyl halides is 2. The van der Waals surface area contributed by atoms with Gasteiger partial charge in [-0.1, -0.05) is 18.2 Å². The van der Waals surface area contributed by atoms with Crippen LogP contribution in [0.5, 0.6) is 11.5 Å². The summed E-state index contributed by atoms with van der Waals surface area (Å²) in [6, 6.07) is 16.5. The number of nitrogens with two attached hydrogens (primary N) is 1. The van der Waals surface area contributed by atoms with Crippen molar-refractivity contribution in [1.82, 2.24) is 15.0 Å². The molecular weight excluding hydrogens is 406 g/mol. The molecule has 9 heteroatoms. The first-order valence-electron chi connectivity index (χ1n) is 9.21. The van der Waals surface area contributed by atoms with Crippen LogP contribution in [0.25, 0.3) is 34.0 Å². The zero-order valence-corrected chi connectivity index (χ0v) is 15.8. The minimum atomic E-state index is -3.70. The molecular formula is C22H14F2N4O3. The molecule has 1 amide bonds. The van der Waals surface area contributed by atoms with Gasteiger partial charge in [0.25, 0.3) is 0 Å². The van der Waals surface area contributed by atoms with Crippen molar-refractivity contribution in [3.63, 3.8) is 0 Å². The molecule has 31 heavy (non-hydrogen) atoms. The van der Waals surface area contributed by atoms with Crippen LogP contribution in [0.3, 0.4) is 0 Å². The summed E-state index contributed by atoms with van der Waals surface area (Å²) in [6.45, 7) is 0. The molecule has 0 radical (unpaired) electrons. The minimum Gasteiger partial charge on any atom is -0.395 e. The zero-order valence-electron chi connectivity index (χ0n) is 15.8. The molecule has 2 aromatic carbocycles. The zero-order chi connectivity index (χ0) is 21.6. The van der Waals surface area contributed by atoms with Crippen molar-refractivity contribution in [3.05, 3.63) is 72.4 Å². The Bertz CT molecular complexity index is 1290. The van der Waals surface area contributed by atoms with Crippen LogP contribution in [0.15, 0.2) is 66.9 Å². The number of rotatable bonds is 4. The average molecular weight is 420 g/mol. The Labute approximate surface area is 174 Å². The van der Waals surface area contributed by atoms with Gasteiger partial charge in [-0.3, -0.25) is 9.78 Å². The van der Waals surface area contributed by atoms with E-state index in [4.69, 9.17) is 5.73 Å². The van der Waals surface area contributed by atoms with Crippen LogP contribution in [0.2, 0.25) is 0 Å². The Balaban J connectivity index is 1.62. The monoisotopic (exact) mass is 420 g/mol. The Morgan fingerprint density at radius 2 is 1.71 bits per heavy atom. The molecule has 0 bridgehead atoms. The number of halogens is 2. The molecule has 0 saturated carbocycles. The number of hydrogen-bond donors (Lipinski definition) is 2. The number of H-pyrrole nitrogens is 1. The number of aromatic amines is 1. The number of carbonyl (C=O) groups is 1. The molecule has 154 valence electrons. The normalized spacial score (nSPS) is 13.9. The number of ether oxygens (including phenoxy) is 2. The summed E-state index contributed by atoms with van der Waals surface area (Å²) in [4.78, 5) is 23.6. The van der Waals surface area contributed by atoms with Gasteiger partial charge in [0, 0.05) is 22.9 Å². The molecule has 5 rings (SSSR count). The van der Waals surface area contributed by atoms with Gasteiger partial charge in [0.15, 0.2) is 11.5 Å². The molecule has 0 spiro atoms. The fourth-order valence-corrected chi connectivity index (χ4v) is 3.30. The van der Waals surface area contributed by atoms with Crippen molar-refractivity contribution in [2.24, 2.45) is 5.73 Å². The summed E-state index contributed by atoms with van der Waals surface area (Å²) in [5.41, 5.74) is 8.63. The molecule has 2 aromatic heterocycles. The Morgan fingerprint density at radius 1 is 0.968 bits per heavy atom. The van der Waals surface area contributed by atoms with Crippen molar-refractivity contribution in [2.45, 2.75) is 6.29 Å². The van der Waals surface area contributed by atoms with Crippen LogP contribution in [-0.4, -0.2) is 27.2 Å². The molecule has 3 N–H and O–H groups in total. The lowest BCUT2D eigenvalue weighted by atomic mass is 10.1. The maximum absolute atomic E-state index is 13.4. The lowest BCUT2D eigenvalue weighted by Gasteiger charge is -2.04. The van der Waals surface area contributed by atoms with E-state index in [1.165, 1.54) is 12.1 Å². The summed E-state index contributed by atoms with van der Waals surface area (Å²) in [5, 5.41) is 0. The van der Waals surface area contributed by atoms with E-state index in [2.05, 4.69) is 24.4 Å². The number of amides is 1. The number of nitrogens with zero attached hydrogens (tertiary/aromatic N) is 2. The first kappa shape index (κ1) is 18.7. The van der Waals surface area contributed by atoms with Gasteiger partial charge in [-0.05, 0) is 42.5 Å². The summed E-state index contributed by atoms with van der Waals surface area (Å²) < 4.78 is 35.9. The van der Waals surface area contributed by atoms with E-state index < -0.39 is 12.2 Å². The number of primary amides is 1. The highest BCUT2D eigenvalue weighted by molar-refractivity contribution is 5.93. The predicted molar refractivity (Wildman–Crippen MR) is 107 cm³/mol. The minimum absolute atomic E-state index is 0.0501. The van der Waals surface area contributed by atoms with Gasteiger partial charge in [-0.25, -0.2) is 4.98 Å². The van der Waals surface area contributed by atoms with Gasteiger partial charge in [0.05, 0.1) is 17.1 Å². The van der Waals surface area contributed by atoms with Crippen LogP contribution in [-0.2, 0) is 0 Å². The third-order valence-electron chi connectivity index (χ3n) is 4.74. The van der Waals surface area contributed by atoms with E-state index in [0.29, 0.717) is 39.6 Å². The van der Waals surface area contributed by atoms with Gasteiger partial charge in [-0.2, -0.15) is 0 Å². The van der Waals surface area contributed by atoms with Gasteiger partial charge in [0.1, 0.15) is 5.82 Å². The lowest BCUT2D eigenvalue weighted by molar-refractivity contribution is -0.286. The third-order valence-corrected chi connectivity index (χ3v) is 4.74. The standard InChI is InChI=1S/C22H14F2N4O3/c23-22(24)30-16-9-8-14(11-17(16)31-22)18-19(15-3-1-2-10-26-15)28-21(27-18)13-6-4-12(5-7-13)20(25)29/h1-11H,(H2,25,29)(H,27,28). The Morgan fingerprint density at radius 3 is 2.42 bits per heavy atom. The van der Waals surface area contributed by atoms with Gasteiger partial charge in [-0.15, -0.1) is 8.78 Å². The van der Waals surface area contributed by atoms with E-state index in [-0.39, 0.29) is 11.5 Å². The van der Waals surface area contributed by atoms with Crippen molar-refractivity contribution >= 4 is 5.91 Å². The van der Waals surface area contributed by atoms with Crippen LogP contribution in [0.1, 0.15) is 10.4 Å². The number of pyridine rings is 1. The highest BCUT2D eigenvalue weighted by Crippen LogP contribution is 2.44. The highest BCUT2D eigenvalue weighted by Gasteiger charge is 2.43. The smallest absolute Gasteiger partial charge is 0.395 e. The average Bonchev–Trinajstić information content (AvgIpc) is 3.33. The third kappa shape index (κ3) is 3.46. The van der Waals surface area contributed by atoms with Gasteiger partial charge < -0.3 is 20.2 Å². The summed E-state index contributed by atoms with van der Waals surface area (Å²) in [7, 11) is 0. The second-order valence-electron chi connectivity index (χ2n) is 6.79. The number of imidazole rings is 1. The molecule has 4 aromatic rings.